The summed E-state index contributed by atoms with van der Waals surface area (Å²) < 4.78 is 33.3. The maximum Gasteiger partial charge on any atom is 0.261 e. The molecule has 0 aromatic heterocycles. The van der Waals surface area contributed by atoms with Gasteiger partial charge in [0.25, 0.3) is 9.05 Å². The molecule has 0 aliphatic rings. The molecule has 2 rings (SSSR count). The van der Waals surface area contributed by atoms with E-state index in [1.807, 2.05) is 6.92 Å². The van der Waals surface area contributed by atoms with Crippen LogP contribution in [-0.4, -0.2) is 15.0 Å². The van der Waals surface area contributed by atoms with Crippen LogP contribution < -0.4 is 9.47 Å². The minimum absolute atomic E-state index is 0.0757. The second kappa shape index (κ2) is 6.56. The minimum atomic E-state index is -3.81. The lowest BCUT2D eigenvalue weighted by Crippen LogP contribution is -1.93. The Morgan fingerprint density at radius 2 is 1.67 bits per heavy atom. The number of rotatable bonds is 5. The molecule has 0 unspecified atom stereocenters. The van der Waals surface area contributed by atoms with E-state index >= 15 is 0 Å². The molecule has 0 aliphatic heterocycles. The summed E-state index contributed by atoms with van der Waals surface area (Å²) in [4.78, 5) is -0.0757. The average Bonchev–Trinajstić information content (AvgIpc) is 2.42. The predicted octanol–water partition coefficient (Wildman–Crippen LogP) is 4.46. The maximum atomic E-state index is 11.2. The Kier molecular flexibility index (Phi) is 4.98. The van der Waals surface area contributed by atoms with Gasteiger partial charge in [-0.2, -0.15) is 0 Å². The van der Waals surface area contributed by atoms with Gasteiger partial charge in [0.2, 0.25) is 0 Å². The highest BCUT2D eigenvalue weighted by Crippen LogP contribution is 2.32. The Morgan fingerprint density at radius 3 is 2.19 bits per heavy atom. The second-order valence-electron chi connectivity index (χ2n) is 4.04. The Labute approximate surface area is 132 Å². The van der Waals surface area contributed by atoms with E-state index in [0.29, 0.717) is 18.1 Å². The molecule has 7 heteroatoms. The van der Waals surface area contributed by atoms with Crippen LogP contribution in [0.5, 0.6) is 17.2 Å². The Bertz CT molecular complexity index is 727. The monoisotopic (exact) mass is 346 g/mol. The summed E-state index contributed by atoms with van der Waals surface area (Å²) in [5, 5.41) is 0.158. The van der Waals surface area contributed by atoms with Crippen LogP contribution in [0.3, 0.4) is 0 Å². The average molecular weight is 347 g/mol. The third kappa shape index (κ3) is 4.27. The molecule has 0 amide bonds. The van der Waals surface area contributed by atoms with Crippen LogP contribution in [0, 0.1) is 0 Å². The molecule has 0 heterocycles. The van der Waals surface area contributed by atoms with Gasteiger partial charge in [0, 0.05) is 10.7 Å². The summed E-state index contributed by atoms with van der Waals surface area (Å²) in [5.74, 6) is 1.63. The lowest BCUT2D eigenvalue weighted by molar-refractivity contribution is 0.339. The van der Waals surface area contributed by atoms with Crippen molar-refractivity contribution in [1.29, 1.82) is 0 Å². The van der Waals surface area contributed by atoms with E-state index in [2.05, 4.69) is 0 Å². The van der Waals surface area contributed by atoms with Crippen molar-refractivity contribution in [1.82, 2.24) is 0 Å². The second-order valence-corrected chi connectivity index (χ2v) is 7.01. The van der Waals surface area contributed by atoms with Gasteiger partial charge in [-0.1, -0.05) is 11.6 Å². The maximum absolute atomic E-state index is 11.2. The molecular weight excluding hydrogens is 335 g/mol. The van der Waals surface area contributed by atoms with Gasteiger partial charge in [-0.3, -0.25) is 0 Å². The predicted molar refractivity (Wildman–Crippen MR) is 82.2 cm³/mol. The molecular formula is C14H12Cl2O4S. The molecule has 0 aliphatic carbocycles. The van der Waals surface area contributed by atoms with Crippen molar-refractivity contribution in [3.8, 4) is 17.2 Å². The van der Waals surface area contributed by atoms with E-state index in [9.17, 15) is 8.42 Å². The van der Waals surface area contributed by atoms with E-state index in [1.165, 1.54) is 18.2 Å². The Morgan fingerprint density at radius 1 is 1.05 bits per heavy atom. The van der Waals surface area contributed by atoms with Crippen LogP contribution in [0.2, 0.25) is 5.02 Å². The minimum Gasteiger partial charge on any atom is -0.494 e. The smallest absolute Gasteiger partial charge is 0.261 e. The molecule has 4 nitrogen and oxygen atoms in total. The van der Waals surface area contributed by atoms with Crippen molar-refractivity contribution in [3.63, 3.8) is 0 Å². The van der Waals surface area contributed by atoms with Gasteiger partial charge >= 0.3 is 0 Å². The number of hydrogen-bond donors (Lipinski definition) is 0. The first-order valence-corrected chi connectivity index (χ1v) is 8.74. The first-order valence-electron chi connectivity index (χ1n) is 6.05. The third-order valence-electron chi connectivity index (χ3n) is 2.55. The van der Waals surface area contributed by atoms with Gasteiger partial charge in [0.05, 0.1) is 16.5 Å². The first-order chi connectivity index (χ1) is 9.90. The molecule has 0 spiro atoms. The molecule has 2 aromatic carbocycles. The first kappa shape index (κ1) is 15.9. The normalized spacial score (nSPS) is 11.2. The van der Waals surface area contributed by atoms with Crippen LogP contribution in [0.1, 0.15) is 6.92 Å². The Balaban J connectivity index is 2.20. The molecule has 2 aromatic rings. The van der Waals surface area contributed by atoms with Gasteiger partial charge < -0.3 is 9.47 Å². The fourth-order valence-corrected chi connectivity index (χ4v) is 2.67. The zero-order valence-electron chi connectivity index (χ0n) is 11.0. The van der Waals surface area contributed by atoms with Crippen molar-refractivity contribution in [3.05, 3.63) is 47.5 Å². The Hall–Kier alpha value is -1.43. The topological polar surface area (TPSA) is 52.6 Å². The molecule has 0 fully saturated rings. The lowest BCUT2D eigenvalue weighted by Gasteiger charge is -2.09. The van der Waals surface area contributed by atoms with Crippen LogP contribution in [0.4, 0.5) is 0 Å². The third-order valence-corrected chi connectivity index (χ3v) is 4.19. The van der Waals surface area contributed by atoms with E-state index in [4.69, 9.17) is 31.8 Å². The molecule has 0 N–H and O–H groups in total. The highest BCUT2D eigenvalue weighted by Gasteiger charge is 2.13. The lowest BCUT2D eigenvalue weighted by atomic mass is 10.3. The molecule has 21 heavy (non-hydrogen) atoms. The van der Waals surface area contributed by atoms with Gasteiger partial charge in [-0.05, 0) is 49.4 Å². The number of halogens is 2. The SMILES string of the molecule is CCOc1ccc(Oc2ccc(S(=O)(=O)Cl)cc2Cl)cc1. The van der Waals surface area contributed by atoms with Gasteiger partial charge in [-0.25, -0.2) is 8.42 Å². The molecule has 0 saturated heterocycles. The largest absolute Gasteiger partial charge is 0.494 e. The summed E-state index contributed by atoms with van der Waals surface area (Å²) in [6, 6.07) is 11.0. The molecule has 0 atom stereocenters. The fourth-order valence-electron chi connectivity index (χ4n) is 1.61. The van der Waals surface area contributed by atoms with Gasteiger partial charge in [-0.15, -0.1) is 0 Å². The summed E-state index contributed by atoms with van der Waals surface area (Å²) in [7, 11) is 1.44. The number of ether oxygens (including phenoxy) is 2. The zero-order chi connectivity index (χ0) is 15.5. The zero-order valence-corrected chi connectivity index (χ0v) is 13.4. The van der Waals surface area contributed by atoms with E-state index in [0.717, 1.165) is 5.75 Å². The quantitative estimate of drug-likeness (QED) is 0.750. The summed E-state index contributed by atoms with van der Waals surface area (Å²) in [5.41, 5.74) is 0. The molecule has 0 saturated carbocycles. The van der Waals surface area contributed by atoms with Crippen LogP contribution >= 0.6 is 22.3 Å². The van der Waals surface area contributed by atoms with Crippen LogP contribution in [0.15, 0.2) is 47.4 Å². The van der Waals surface area contributed by atoms with Crippen molar-refractivity contribution in [2.45, 2.75) is 11.8 Å². The van der Waals surface area contributed by atoms with Crippen molar-refractivity contribution < 1.29 is 17.9 Å². The standard InChI is InChI=1S/C14H12Cl2O4S/c1-2-19-10-3-5-11(6-4-10)20-14-8-7-12(9-13(14)15)21(16,17)18/h3-9H,2H2,1H3. The summed E-state index contributed by atoms with van der Waals surface area (Å²) in [6.07, 6.45) is 0. The summed E-state index contributed by atoms with van der Waals surface area (Å²) in [6.45, 7) is 2.48. The molecule has 0 radical (unpaired) electrons. The van der Waals surface area contributed by atoms with Gasteiger partial charge in [0.1, 0.15) is 17.2 Å². The van der Waals surface area contributed by atoms with E-state index in [-0.39, 0.29) is 9.92 Å². The molecule has 0 bridgehead atoms. The highest BCUT2D eigenvalue weighted by molar-refractivity contribution is 8.13. The fraction of sp³-hybridized carbons (Fsp3) is 0.143. The van der Waals surface area contributed by atoms with Crippen LogP contribution in [-0.2, 0) is 9.05 Å². The highest BCUT2D eigenvalue weighted by atomic mass is 35.7. The van der Waals surface area contributed by atoms with Crippen molar-refractivity contribution in [2.75, 3.05) is 6.61 Å². The van der Waals surface area contributed by atoms with Crippen molar-refractivity contribution >= 4 is 31.3 Å². The van der Waals surface area contributed by atoms with Gasteiger partial charge in [0.15, 0.2) is 0 Å². The number of hydrogen-bond acceptors (Lipinski definition) is 4. The van der Waals surface area contributed by atoms with E-state index in [1.54, 1.807) is 24.3 Å². The number of benzene rings is 2. The molecule has 112 valence electrons. The van der Waals surface area contributed by atoms with Crippen LogP contribution in [0.25, 0.3) is 0 Å². The van der Waals surface area contributed by atoms with E-state index < -0.39 is 9.05 Å². The van der Waals surface area contributed by atoms with Crippen molar-refractivity contribution in [2.24, 2.45) is 0 Å². The summed E-state index contributed by atoms with van der Waals surface area (Å²) >= 11 is 5.99.